The predicted molar refractivity (Wildman–Crippen MR) is 75.0 cm³/mol. The van der Waals surface area contributed by atoms with E-state index in [4.69, 9.17) is 4.98 Å². The van der Waals surface area contributed by atoms with Gasteiger partial charge in [0.1, 0.15) is 11.5 Å². The SMILES string of the molecule is CCN(C)c1ccc2c3cnccc3n(C)c2n1. The number of aromatic nitrogens is 3. The summed E-state index contributed by atoms with van der Waals surface area (Å²) in [5, 5.41) is 2.32. The van der Waals surface area contributed by atoms with Crippen LogP contribution in [0, 0.1) is 0 Å². The number of pyridine rings is 2. The van der Waals surface area contributed by atoms with Gasteiger partial charge in [0.2, 0.25) is 0 Å². The molecule has 0 saturated heterocycles. The predicted octanol–water partition coefficient (Wildman–Crippen LogP) is 2.58. The number of rotatable bonds is 2. The highest BCUT2D eigenvalue weighted by Crippen LogP contribution is 2.27. The van der Waals surface area contributed by atoms with Gasteiger partial charge in [-0.15, -0.1) is 0 Å². The minimum atomic E-state index is 0.948. The van der Waals surface area contributed by atoms with E-state index in [1.165, 1.54) is 5.52 Å². The summed E-state index contributed by atoms with van der Waals surface area (Å²) >= 11 is 0. The normalized spacial score (nSPS) is 11.3. The van der Waals surface area contributed by atoms with Gasteiger partial charge < -0.3 is 9.47 Å². The Labute approximate surface area is 106 Å². The fourth-order valence-corrected chi connectivity index (χ4v) is 2.28. The lowest BCUT2D eigenvalue weighted by atomic mass is 10.2. The minimum absolute atomic E-state index is 0.948. The molecule has 3 rings (SSSR count). The molecule has 0 aliphatic heterocycles. The number of nitrogens with zero attached hydrogens (tertiary/aromatic N) is 4. The molecule has 3 aromatic rings. The second-order valence-corrected chi connectivity index (χ2v) is 4.51. The molecule has 3 aromatic heterocycles. The van der Waals surface area contributed by atoms with E-state index in [9.17, 15) is 0 Å². The van der Waals surface area contributed by atoms with E-state index in [1.807, 2.05) is 25.5 Å². The zero-order valence-corrected chi connectivity index (χ0v) is 10.9. The molecule has 0 aliphatic carbocycles. The molecular formula is C14H16N4. The Morgan fingerprint density at radius 2 is 2.06 bits per heavy atom. The Morgan fingerprint density at radius 3 is 2.83 bits per heavy atom. The van der Waals surface area contributed by atoms with Crippen LogP contribution < -0.4 is 4.90 Å². The van der Waals surface area contributed by atoms with Gasteiger partial charge in [-0.25, -0.2) is 4.98 Å². The lowest BCUT2D eigenvalue weighted by Crippen LogP contribution is -2.17. The van der Waals surface area contributed by atoms with Crippen LogP contribution >= 0.6 is 0 Å². The van der Waals surface area contributed by atoms with Gasteiger partial charge in [0.05, 0.1) is 5.52 Å². The molecule has 3 heterocycles. The number of fused-ring (bicyclic) bond motifs is 3. The van der Waals surface area contributed by atoms with Gasteiger partial charge >= 0.3 is 0 Å². The van der Waals surface area contributed by atoms with Gasteiger partial charge in [-0.05, 0) is 25.1 Å². The smallest absolute Gasteiger partial charge is 0.143 e. The number of hydrogen-bond acceptors (Lipinski definition) is 3. The molecule has 0 unspecified atom stereocenters. The third-order valence-electron chi connectivity index (χ3n) is 3.49. The molecule has 0 saturated carbocycles. The average molecular weight is 240 g/mol. The van der Waals surface area contributed by atoms with Crippen LogP contribution in [0.25, 0.3) is 21.9 Å². The fourth-order valence-electron chi connectivity index (χ4n) is 2.28. The van der Waals surface area contributed by atoms with Crippen LogP contribution in [0.2, 0.25) is 0 Å². The molecule has 0 aromatic carbocycles. The molecule has 0 atom stereocenters. The van der Waals surface area contributed by atoms with Crippen molar-refractivity contribution in [3.8, 4) is 0 Å². The fraction of sp³-hybridized carbons (Fsp3) is 0.286. The van der Waals surface area contributed by atoms with E-state index in [-0.39, 0.29) is 0 Å². The Morgan fingerprint density at radius 1 is 1.22 bits per heavy atom. The summed E-state index contributed by atoms with van der Waals surface area (Å²) in [6.07, 6.45) is 3.73. The second kappa shape index (κ2) is 3.98. The molecule has 0 amide bonds. The maximum atomic E-state index is 4.74. The summed E-state index contributed by atoms with van der Waals surface area (Å²) in [7, 11) is 4.10. The Hall–Kier alpha value is -2.10. The van der Waals surface area contributed by atoms with Crippen LogP contribution in [0.15, 0.2) is 30.6 Å². The molecule has 0 bridgehead atoms. The van der Waals surface area contributed by atoms with Crippen molar-refractivity contribution < 1.29 is 0 Å². The van der Waals surface area contributed by atoms with E-state index >= 15 is 0 Å². The van der Waals surface area contributed by atoms with E-state index < -0.39 is 0 Å². The maximum Gasteiger partial charge on any atom is 0.143 e. The van der Waals surface area contributed by atoms with Gasteiger partial charge in [-0.1, -0.05) is 0 Å². The lowest BCUT2D eigenvalue weighted by Gasteiger charge is -2.15. The molecular weight excluding hydrogens is 224 g/mol. The second-order valence-electron chi connectivity index (χ2n) is 4.51. The third kappa shape index (κ3) is 1.45. The summed E-state index contributed by atoms with van der Waals surface area (Å²) in [5.41, 5.74) is 2.18. The molecule has 92 valence electrons. The highest BCUT2D eigenvalue weighted by molar-refractivity contribution is 6.06. The van der Waals surface area contributed by atoms with Crippen molar-refractivity contribution in [1.82, 2.24) is 14.5 Å². The van der Waals surface area contributed by atoms with Crippen LogP contribution in [-0.4, -0.2) is 28.1 Å². The van der Waals surface area contributed by atoms with Gasteiger partial charge in [-0.2, -0.15) is 0 Å². The highest BCUT2D eigenvalue weighted by Gasteiger charge is 2.10. The van der Waals surface area contributed by atoms with Crippen molar-refractivity contribution in [2.45, 2.75) is 6.92 Å². The van der Waals surface area contributed by atoms with E-state index in [0.717, 1.165) is 28.8 Å². The molecule has 0 spiro atoms. The topological polar surface area (TPSA) is 34.0 Å². The molecule has 0 radical (unpaired) electrons. The van der Waals surface area contributed by atoms with E-state index in [1.54, 1.807) is 0 Å². The first-order chi connectivity index (χ1) is 8.72. The first-order valence-electron chi connectivity index (χ1n) is 6.12. The van der Waals surface area contributed by atoms with Gasteiger partial charge in [0.25, 0.3) is 0 Å². The molecule has 4 heteroatoms. The van der Waals surface area contributed by atoms with Gasteiger partial charge in [-0.3, -0.25) is 4.98 Å². The van der Waals surface area contributed by atoms with Crippen molar-refractivity contribution in [2.24, 2.45) is 7.05 Å². The minimum Gasteiger partial charge on any atom is -0.360 e. The number of aryl methyl sites for hydroxylation is 1. The Bertz CT molecular complexity index is 714. The van der Waals surface area contributed by atoms with Crippen LogP contribution in [0.5, 0.6) is 0 Å². The number of anilines is 1. The average Bonchev–Trinajstić information content (AvgIpc) is 2.72. The first-order valence-corrected chi connectivity index (χ1v) is 6.12. The zero-order chi connectivity index (χ0) is 12.7. The van der Waals surface area contributed by atoms with Crippen molar-refractivity contribution in [1.29, 1.82) is 0 Å². The summed E-state index contributed by atoms with van der Waals surface area (Å²) in [6, 6.07) is 6.23. The summed E-state index contributed by atoms with van der Waals surface area (Å²) in [5.74, 6) is 1.00. The molecule has 0 aliphatic rings. The quantitative estimate of drug-likeness (QED) is 0.690. The van der Waals surface area contributed by atoms with Crippen LogP contribution in [-0.2, 0) is 7.05 Å². The van der Waals surface area contributed by atoms with E-state index in [2.05, 4.69) is 40.6 Å². The van der Waals surface area contributed by atoms with Crippen molar-refractivity contribution in [3.63, 3.8) is 0 Å². The standard InChI is InChI=1S/C14H16N4/c1-4-17(2)13-6-5-10-11-9-15-8-7-12(11)18(3)14(10)16-13/h5-9H,4H2,1-3H3. The van der Waals surface area contributed by atoms with Gasteiger partial charge in [0, 0.05) is 43.8 Å². The van der Waals surface area contributed by atoms with E-state index in [0.29, 0.717) is 0 Å². The first kappa shape index (κ1) is 11.0. The van der Waals surface area contributed by atoms with Crippen LogP contribution in [0.4, 0.5) is 5.82 Å². The number of hydrogen-bond donors (Lipinski definition) is 0. The Kier molecular flexibility index (Phi) is 2.44. The van der Waals surface area contributed by atoms with Crippen molar-refractivity contribution in [3.05, 3.63) is 30.6 Å². The molecule has 4 nitrogen and oxygen atoms in total. The van der Waals surface area contributed by atoms with Crippen molar-refractivity contribution >= 4 is 27.8 Å². The molecule has 18 heavy (non-hydrogen) atoms. The summed E-state index contributed by atoms with van der Waals surface area (Å²) in [6.45, 7) is 3.07. The third-order valence-corrected chi connectivity index (χ3v) is 3.49. The maximum absolute atomic E-state index is 4.74. The molecule has 0 N–H and O–H groups in total. The van der Waals surface area contributed by atoms with Crippen LogP contribution in [0.3, 0.4) is 0 Å². The van der Waals surface area contributed by atoms with Crippen molar-refractivity contribution in [2.75, 3.05) is 18.5 Å². The van der Waals surface area contributed by atoms with Crippen LogP contribution in [0.1, 0.15) is 6.92 Å². The Balaban J connectivity index is 2.35. The van der Waals surface area contributed by atoms with Gasteiger partial charge in [0.15, 0.2) is 0 Å². The lowest BCUT2D eigenvalue weighted by molar-refractivity contribution is 0.928. The highest BCUT2D eigenvalue weighted by atomic mass is 15.2. The largest absolute Gasteiger partial charge is 0.360 e. The molecule has 0 fully saturated rings. The zero-order valence-electron chi connectivity index (χ0n) is 10.9. The monoisotopic (exact) mass is 240 g/mol. The summed E-state index contributed by atoms with van der Waals surface area (Å²) < 4.78 is 2.12. The summed E-state index contributed by atoms with van der Waals surface area (Å²) in [4.78, 5) is 11.1.